The van der Waals surface area contributed by atoms with Gasteiger partial charge in [-0.1, -0.05) is 0 Å². The van der Waals surface area contributed by atoms with Crippen LogP contribution < -0.4 is 5.32 Å². The lowest BCUT2D eigenvalue weighted by molar-refractivity contribution is 0.0828. The van der Waals surface area contributed by atoms with E-state index < -0.39 is 0 Å². The minimum atomic E-state index is -0.187. The van der Waals surface area contributed by atoms with Gasteiger partial charge in [0.1, 0.15) is 6.61 Å². The number of piperazine rings is 1. The number of likely N-dealkylation sites (N-methyl/N-ethyl adjacent to an activating group) is 2. The molecule has 1 aliphatic rings. The van der Waals surface area contributed by atoms with Crippen LogP contribution in [0.25, 0.3) is 0 Å². The van der Waals surface area contributed by atoms with E-state index in [0.717, 1.165) is 26.2 Å². The second-order valence-electron chi connectivity index (χ2n) is 3.51. The van der Waals surface area contributed by atoms with Gasteiger partial charge in [-0.3, -0.25) is 0 Å². The van der Waals surface area contributed by atoms with Crippen molar-refractivity contribution in [3.63, 3.8) is 0 Å². The summed E-state index contributed by atoms with van der Waals surface area (Å²) in [7, 11) is 3.90. The Morgan fingerprint density at radius 1 is 1.36 bits per heavy atom. The molecule has 14 heavy (non-hydrogen) atoms. The molecule has 0 aromatic carbocycles. The van der Waals surface area contributed by atoms with Gasteiger partial charge >= 0.3 is 6.09 Å². The molecule has 1 aliphatic heterocycles. The summed E-state index contributed by atoms with van der Waals surface area (Å²) in [5, 5.41) is 2.93. The normalized spacial score (nSPS) is 18.3. The number of ether oxygens (including phenoxy) is 1. The maximum Gasteiger partial charge on any atom is 0.409 e. The van der Waals surface area contributed by atoms with Crippen LogP contribution in [0.5, 0.6) is 0 Å². The van der Waals surface area contributed by atoms with E-state index in [1.807, 2.05) is 7.05 Å². The highest BCUT2D eigenvalue weighted by molar-refractivity contribution is 5.67. The highest BCUT2D eigenvalue weighted by Crippen LogP contribution is 2.01. The Hall–Kier alpha value is -0.810. The highest BCUT2D eigenvalue weighted by Gasteiger charge is 2.19. The quantitative estimate of drug-likeness (QED) is 0.630. The number of rotatable bonds is 3. The first kappa shape index (κ1) is 11.3. The minimum Gasteiger partial charge on any atom is -0.448 e. The summed E-state index contributed by atoms with van der Waals surface area (Å²) >= 11 is 0. The van der Waals surface area contributed by atoms with Crippen molar-refractivity contribution in [2.75, 3.05) is 53.4 Å². The summed E-state index contributed by atoms with van der Waals surface area (Å²) in [5.41, 5.74) is 0. The van der Waals surface area contributed by atoms with Gasteiger partial charge in [0.15, 0.2) is 0 Å². The van der Waals surface area contributed by atoms with Crippen LogP contribution in [0.3, 0.4) is 0 Å². The van der Waals surface area contributed by atoms with E-state index in [1.165, 1.54) is 0 Å². The third kappa shape index (κ3) is 3.51. The average Bonchev–Trinajstić information content (AvgIpc) is 2.19. The third-order valence-corrected chi connectivity index (χ3v) is 2.34. The fourth-order valence-electron chi connectivity index (χ4n) is 1.32. The molecule has 5 nitrogen and oxygen atoms in total. The van der Waals surface area contributed by atoms with E-state index in [9.17, 15) is 4.79 Å². The van der Waals surface area contributed by atoms with Crippen molar-refractivity contribution < 1.29 is 9.53 Å². The van der Waals surface area contributed by atoms with Crippen molar-refractivity contribution in [2.45, 2.75) is 0 Å². The fraction of sp³-hybridized carbons (Fsp3) is 0.889. The van der Waals surface area contributed by atoms with Crippen LogP contribution in [-0.4, -0.2) is 69.3 Å². The zero-order chi connectivity index (χ0) is 10.4. The van der Waals surface area contributed by atoms with Crippen molar-refractivity contribution in [2.24, 2.45) is 0 Å². The lowest BCUT2D eigenvalue weighted by Gasteiger charge is -2.31. The molecule has 1 heterocycles. The van der Waals surface area contributed by atoms with E-state index in [1.54, 1.807) is 4.90 Å². The standard InChI is InChI=1S/C9H19N3O2/c1-10-3-8-14-9(13)12-6-4-11(2)5-7-12/h10H,3-8H2,1-2H3. The molecule has 1 fully saturated rings. The van der Waals surface area contributed by atoms with E-state index in [-0.39, 0.29) is 6.09 Å². The molecule has 82 valence electrons. The summed E-state index contributed by atoms with van der Waals surface area (Å²) < 4.78 is 5.06. The molecule has 0 radical (unpaired) electrons. The fourth-order valence-corrected chi connectivity index (χ4v) is 1.32. The van der Waals surface area contributed by atoms with E-state index in [4.69, 9.17) is 4.74 Å². The maximum atomic E-state index is 11.4. The molecule has 0 aromatic heterocycles. The molecular formula is C9H19N3O2. The second kappa shape index (κ2) is 5.82. The first-order valence-electron chi connectivity index (χ1n) is 4.99. The van der Waals surface area contributed by atoms with E-state index in [0.29, 0.717) is 13.2 Å². The van der Waals surface area contributed by atoms with E-state index >= 15 is 0 Å². The number of hydrogen-bond acceptors (Lipinski definition) is 4. The van der Waals surface area contributed by atoms with Crippen molar-refractivity contribution in [3.05, 3.63) is 0 Å². The summed E-state index contributed by atoms with van der Waals surface area (Å²) in [4.78, 5) is 15.4. The van der Waals surface area contributed by atoms with Crippen LogP contribution in [0.1, 0.15) is 0 Å². The number of amides is 1. The molecular weight excluding hydrogens is 182 g/mol. The molecule has 0 saturated carbocycles. The van der Waals surface area contributed by atoms with Gasteiger partial charge < -0.3 is 19.9 Å². The van der Waals surface area contributed by atoms with Crippen molar-refractivity contribution in [3.8, 4) is 0 Å². The van der Waals surface area contributed by atoms with Gasteiger partial charge in [0.05, 0.1) is 0 Å². The van der Waals surface area contributed by atoms with Crippen LogP contribution in [0.2, 0.25) is 0 Å². The van der Waals surface area contributed by atoms with Crippen molar-refractivity contribution in [1.29, 1.82) is 0 Å². The monoisotopic (exact) mass is 201 g/mol. The Morgan fingerprint density at radius 3 is 2.57 bits per heavy atom. The summed E-state index contributed by atoms with van der Waals surface area (Å²) in [6.07, 6.45) is -0.187. The molecule has 1 amide bonds. The average molecular weight is 201 g/mol. The Balaban J connectivity index is 2.17. The van der Waals surface area contributed by atoms with Gasteiger partial charge in [-0.2, -0.15) is 0 Å². The van der Waals surface area contributed by atoms with Gasteiger partial charge in [0.2, 0.25) is 0 Å². The molecule has 1 N–H and O–H groups in total. The van der Waals surface area contributed by atoms with Crippen LogP contribution in [-0.2, 0) is 4.74 Å². The topological polar surface area (TPSA) is 44.8 Å². The molecule has 0 atom stereocenters. The van der Waals surface area contributed by atoms with Crippen LogP contribution in [0.15, 0.2) is 0 Å². The Bertz CT molecular complexity index is 179. The van der Waals surface area contributed by atoms with Crippen molar-refractivity contribution in [1.82, 2.24) is 15.1 Å². The largest absolute Gasteiger partial charge is 0.448 e. The number of hydrogen-bond donors (Lipinski definition) is 1. The molecule has 0 aromatic rings. The second-order valence-corrected chi connectivity index (χ2v) is 3.51. The van der Waals surface area contributed by atoms with Gasteiger partial charge in [-0.05, 0) is 14.1 Å². The molecule has 1 rings (SSSR count). The van der Waals surface area contributed by atoms with Gasteiger partial charge in [0.25, 0.3) is 0 Å². The molecule has 0 aliphatic carbocycles. The lowest BCUT2D eigenvalue weighted by atomic mass is 10.3. The van der Waals surface area contributed by atoms with Crippen molar-refractivity contribution >= 4 is 6.09 Å². The number of nitrogens with one attached hydrogen (secondary N) is 1. The molecule has 5 heteroatoms. The number of nitrogens with zero attached hydrogens (tertiary/aromatic N) is 2. The summed E-state index contributed by atoms with van der Waals surface area (Å²) in [5.74, 6) is 0. The van der Waals surface area contributed by atoms with E-state index in [2.05, 4.69) is 17.3 Å². The summed E-state index contributed by atoms with van der Waals surface area (Å²) in [6.45, 7) is 4.56. The SMILES string of the molecule is CNCCOC(=O)N1CCN(C)CC1. The van der Waals surface area contributed by atoms with Gasteiger partial charge in [-0.15, -0.1) is 0 Å². The summed E-state index contributed by atoms with van der Waals surface area (Å²) in [6, 6.07) is 0. The Labute approximate surface area is 85.0 Å². The third-order valence-electron chi connectivity index (χ3n) is 2.34. The molecule has 0 bridgehead atoms. The lowest BCUT2D eigenvalue weighted by Crippen LogP contribution is -2.47. The zero-order valence-electron chi connectivity index (χ0n) is 8.95. The Morgan fingerprint density at radius 2 is 2.00 bits per heavy atom. The molecule has 0 spiro atoms. The number of carbonyl (C=O) groups is 1. The van der Waals surface area contributed by atoms with Gasteiger partial charge in [0, 0.05) is 32.7 Å². The first-order valence-corrected chi connectivity index (χ1v) is 4.99. The minimum absolute atomic E-state index is 0.187. The predicted octanol–water partition coefficient (Wildman–Crippen LogP) is -0.410. The first-order chi connectivity index (χ1) is 6.74. The smallest absolute Gasteiger partial charge is 0.409 e. The van der Waals surface area contributed by atoms with Crippen LogP contribution in [0.4, 0.5) is 4.79 Å². The molecule has 0 unspecified atom stereocenters. The Kier molecular flexibility index (Phi) is 4.69. The van der Waals surface area contributed by atoms with Crippen LogP contribution >= 0.6 is 0 Å². The number of carbonyl (C=O) groups excluding carboxylic acids is 1. The molecule has 1 saturated heterocycles. The van der Waals surface area contributed by atoms with Crippen LogP contribution in [0, 0.1) is 0 Å². The van der Waals surface area contributed by atoms with Gasteiger partial charge in [-0.25, -0.2) is 4.79 Å². The maximum absolute atomic E-state index is 11.4. The zero-order valence-corrected chi connectivity index (χ0v) is 8.95. The predicted molar refractivity (Wildman–Crippen MR) is 54.3 cm³/mol. The highest BCUT2D eigenvalue weighted by atomic mass is 16.6.